The van der Waals surface area contributed by atoms with Crippen molar-refractivity contribution in [3.8, 4) is 28.0 Å². The van der Waals surface area contributed by atoms with Gasteiger partial charge in [0.1, 0.15) is 11.6 Å². The van der Waals surface area contributed by atoms with E-state index in [9.17, 15) is 14.3 Å². The Balaban J connectivity index is 0.000000607. The second-order valence-corrected chi connectivity index (χ2v) is 6.71. The van der Waals surface area contributed by atoms with Gasteiger partial charge in [-0.3, -0.25) is 4.79 Å². The van der Waals surface area contributed by atoms with Crippen molar-refractivity contribution in [1.29, 1.82) is 0 Å². The Kier molecular flexibility index (Phi) is 11.1. The third kappa shape index (κ3) is 7.56. The maximum absolute atomic E-state index is 14.1. The molecule has 31 heavy (non-hydrogen) atoms. The Morgan fingerprint density at radius 2 is 1.77 bits per heavy atom. The molecule has 6 heteroatoms. The second-order valence-electron chi connectivity index (χ2n) is 6.71. The molecular formula is C25H26FLiN2O2-2. The van der Waals surface area contributed by atoms with Crippen molar-refractivity contribution in [2.75, 3.05) is 5.32 Å². The Morgan fingerprint density at radius 3 is 2.26 bits per heavy atom. The largest absolute Gasteiger partial charge is 1.00 e. The van der Waals surface area contributed by atoms with Gasteiger partial charge in [-0.15, -0.1) is 5.56 Å². The number of phenolic OH excluding ortho intramolecular Hbond substituents is 1. The minimum atomic E-state index is -0.555. The molecule has 0 fully saturated rings. The average molecular weight is 412 g/mol. The molecule has 0 spiro atoms. The van der Waals surface area contributed by atoms with E-state index in [2.05, 4.69) is 25.2 Å². The molecule has 1 amide bonds. The number of rotatable bonds is 5. The number of hydrogen-bond acceptors (Lipinski definition) is 3. The molecule has 0 saturated heterocycles. The predicted octanol–water partition coefficient (Wildman–Crippen LogP) is 2.39. The van der Waals surface area contributed by atoms with Crippen LogP contribution in [0.5, 0.6) is 5.75 Å². The number of amides is 1. The van der Waals surface area contributed by atoms with E-state index >= 15 is 0 Å². The summed E-state index contributed by atoms with van der Waals surface area (Å²) in [5.74, 6) is -0.823. The van der Waals surface area contributed by atoms with Gasteiger partial charge in [-0.2, -0.15) is 43.2 Å². The van der Waals surface area contributed by atoms with E-state index in [0.717, 1.165) is 18.4 Å². The first kappa shape index (κ1) is 26.5. The second kappa shape index (κ2) is 13.0. The summed E-state index contributed by atoms with van der Waals surface area (Å²) in [4.78, 5) is 11.1. The summed E-state index contributed by atoms with van der Waals surface area (Å²) in [6, 6.07) is 20.2. The molecule has 3 aromatic rings. The topological polar surface area (TPSA) is 75.3 Å². The standard InChI is InChI=1S/C20H15FNO2.C5H11N.Li/c1-13(23)22-19-11-10-15(12-18(19)21)17-9-5-8-16(20(17)24)14-6-3-2-4-7-14;1-3-5(6)4-2;/h2-3,5-12,24H,1H3,(H,22,23);5H,1-4,6H2;/q-1;-2;+1. The minimum Gasteiger partial charge on any atom is -0.508 e. The number of nitrogens with two attached hydrogens (primary N) is 1. The SMILES string of the molecule is CC(=O)Nc1ccc(-c2cccc(-c3c[c-]ccc3)c2O)cc1F.[CH2-]CC(N)C[CH2-].[Li+]. The number of anilines is 1. The molecule has 0 saturated carbocycles. The summed E-state index contributed by atoms with van der Waals surface area (Å²) in [5.41, 5.74) is 7.98. The monoisotopic (exact) mass is 412 g/mol. The van der Waals surface area contributed by atoms with Gasteiger partial charge in [-0.25, -0.2) is 4.39 Å². The van der Waals surface area contributed by atoms with Gasteiger partial charge in [0.05, 0.1) is 5.69 Å². The van der Waals surface area contributed by atoms with Crippen molar-refractivity contribution < 1.29 is 33.2 Å². The molecule has 3 rings (SSSR count). The molecule has 0 aliphatic rings. The molecule has 0 aromatic heterocycles. The smallest absolute Gasteiger partial charge is 0.508 e. The quantitative estimate of drug-likeness (QED) is 0.445. The maximum atomic E-state index is 14.1. The van der Waals surface area contributed by atoms with Crippen molar-refractivity contribution in [1.82, 2.24) is 0 Å². The first-order chi connectivity index (χ1) is 14.4. The van der Waals surface area contributed by atoms with E-state index in [4.69, 9.17) is 5.73 Å². The van der Waals surface area contributed by atoms with E-state index in [1.165, 1.54) is 19.1 Å². The van der Waals surface area contributed by atoms with Crippen LogP contribution in [0.2, 0.25) is 0 Å². The van der Waals surface area contributed by atoms with Gasteiger partial charge in [-0.05, 0) is 23.3 Å². The minimum absolute atomic E-state index is 0. The van der Waals surface area contributed by atoms with Crippen LogP contribution in [0.15, 0.2) is 60.7 Å². The molecule has 0 heterocycles. The predicted molar refractivity (Wildman–Crippen MR) is 120 cm³/mol. The van der Waals surface area contributed by atoms with Gasteiger partial charge in [0.25, 0.3) is 0 Å². The summed E-state index contributed by atoms with van der Waals surface area (Å²) >= 11 is 0. The van der Waals surface area contributed by atoms with Crippen LogP contribution in [0, 0.1) is 25.7 Å². The first-order valence-corrected chi connectivity index (χ1v) is 9.57. The number of aromatic hydroxyl groups is 1. The number of nitrogens with one attached hydrogen (secondary N) is 1. The zero-order valence-corrected chi connectivity index (χ0v) is 18.0. The zero-order valence-electron chi connectivity index (χ0n) is 18.0. The van der Waals surface area contributed by atoms with Gasteiger partial charge in [0.15, 0.2) is 0 Å². The molecule has 0 unspecified atom stereocenters. The fourth-order valence-electron chi connectivity index (χ4n) is 2.69. The summed E-state index contributed by atoms with van der Waals surface area (Å²) in [6.45, 7) is 8.50. The van der Waals surface area contributed by atoms with Crippen molar-refractivity contribution in [2.45, 2.75) is 25.8 Å². The van der Waals surface area contributed by atoms with Crippen molar-refractivity contribution in [3.05, 3.63) is 86.4 Å². The van der Waals surface area contributed by atoms with E-state index in [-0.39, 0.29) is 42.2 Å². The van der Waals surface area contributed by atoms with Crippen LogP contribution in [-0.2, 0) is 4.79 Å². The average Bonchev–Trinajstić information content (AvgIpc) is 2.75. The summed E-state index contributed by atoms with van der Waals surface area (Å²) in [6.07, 6.45) is 1.59. The van der Waals surface area contributed by atoms with E-state index < -0.39 is 5.82 Å². The Morgan fingerprint density at radius 1 is 1.13 bits per heavy atom. The summed E-state index contributed by atoms with van der Waals surface area (Å²) in [7, 11) is 0. The van der Waals surface area contributed by atoms with Crippen LogP contribution >= 0.6 is 0 Å². The Hall–Kier alpha value is -2.58. The van der Waals surface area contributed by atoms with E-state index in [1.807, 2.05) is 12.1 Å². The molecule has 0 aliphatic heterocycles. The van der Waals surface area contributed by atoms with Gasteiger partial charge in [0.2, 0.25) is 5.91 Å². The zero-order chi connectivity index (χ0) is 22.1. The Labute approximate surface area is 195 Å². The van der Waals surface area contributed by atoms with Crippen LogP contribution in [-0.4, -0.2) is 17.1 Å². The number of carbonyl (C=O) groups excluding carboxylic acids is 1. The van der Waals surface area contributed by atoms with Gasteiger partial charge in [-0.1, -0.05) is 30.3 Å². The van der Waals surface area contributed by atoms with Crippen LogP contribution in [0.3, 0.4) is 0 Å². The van der Waals surface area contributed by atoms with Gasteiger partial charge >= 0.3 is 18.9 Å². The van der Waals surface area contributed by atoms with Crippen molar-refractivity contribution in [3.63, 3.8) is 0 Å². The van der Waals surface area contributed by atoms with Crippen LogP contribution in [0.4, 0.5) is 10.1 Å². The number of hydrogen-bond donors (Lipinski definition) is 3. The molecule has 158 valence electrons. The van der Waals surface area contributed by atoms with Gasteiger partial charge in [0, 0.05) is 12.5 Å². The summed E-state index contributed by atoms with van der Waals surface area (Å²) in [5, 5.41) is 13.0. The molecule has 0 atom stereocenters. The number of halogens is 1. The van der Waals surface area contributed by atoms with Crippen LogP contribution < -0.4 is 29.9 Å². The third-order valence-electron chi connectivity index (χ3n) is 4.39. The fourth-order valence-corrected chi connectivity index (χ4v) is 2.69. The molecule has 3 aromatic carbocycles. The molecule has 4 N–H and O–H groups in total. The number of para-hydroxylation sites is 1. The van der Waals surface area contributed by atoms with E-state index in [0.29, 0.717) is 16.7 Å². The molecule has 4 nitrogen and oxygen atoms in total. The molecule has 0 radical (unpaired) electrons. The van der Waals surface area contributed by atoms with Crippen molar-refractivity contribution in [2.24, 2.45) is 5.73 Å². The third-order valence-corrected chi connectivity index (χ3v) is 4.39. The molecule has 0 aliphatic carbocycles. The van der Waals surface area contributed by atoms with Gasteiger partial charge < -0.3 is 30.0 Å². The summed E-state index contributed by atoms with van der Waals surface area (Å²) < 4.78 is 14.1. The Bertz CT molecular complexity index is 977. The van der Waals surface area contributed by atoms with Crippen molar-refractivity contribution >= 4 is 11.6 Å². The first-order valence-electron chi connectivity index (χ1n) is 9.57. The number of benzene rings is 3. The van der Waals surface area contributed by atoms with E-state index in [1.54, 1.807) is 36.4 Å². The molecular weight excluding hydrogens is 386 g/mol. The normalized spacial score (nSPS) is 10.0. The van der Waals surface area contributed by atoms with Crippen LogP contribution in [0.25, 0.3) is 22.3 Å². The van der Waals surface area contributed by atoms with Crippen LogP contribution in [0.1, 0.15) is 19.8 Å². The number of carbonyl (C=O) groups is 1. The molecule has 0 bridgehead atoms. The maximum Gasteiger partial charge on any atom is 1.00 e. The fraction of sp³-hybridized carbons (Fsp3) is 0.160. The number of phenols is 1.